The second-order valence-corrected chi connectivity index (χ2v) is 13.1. The van der Waals surface area contributed by atoms with Crippen LogP contribution >= 0.6 is 0 Å². The van der Waals surface area contributed by atoms with Crippen LogP contribution < -0.4 is 0 Å². The molecule has 0 aliphatic carbocycles. The molecule has 0 unspecified atom stereocenters. The van der Waals surface area contributed by atoms with Crippen molar-refractivity contribution in [3.05, 3.63) is 182 Å². The largest absolute Gasteiger partial charge is 0.455 e. The second-order valence-electron chi connectivity index (χ2n) is 13.1. The average molecular weight is 707 g/mol. The zero-order chi connectivity index (χ0) is 36.6. The van der Waals surface area contributed by atoms with Crippen molar-refractivity contribution in [1.82, 2.24) is 29.9 Å². The molecule has 0 spiro atoms. The van der Waals surface area contributed by atoms with Gasteiger partial charge in [0.1, 0.15) is 11.2 Å². The smallest absolute Gasteiger partial charge is 0.164 e. The Bertz CT molecular complexity index is 2920. The molecular formula is C48H30N6O. The van der Waals surface area contributed by atoms with Gasteiger partial charge in [0, 0.05) is 49.7 Å². The maximum Gasteiger partial charge on any atom is 0.164 e. The second kappa shape index (κ2) is 13.7. The lowest BCUT2D eigenvalue weighted by molar-refractivity contribution is 0.670. The highest BCUT2D eigenvalue weighted by molar-refractivity contribution is 6.10. The predicted molar refractivity (Wildman–Crippen MR) is 219 cm³/mol. The van der Waals surface area contributed by atoms with E-state index < -0.39 is 0 Å². The lowest BCUT2D eigenvalue weighted by Gasteiger charge is -2.14. The fourth-order valence-corrected chi connectivity index (χ4v) is 7.01. The van der Waals surface area contributed by atoms with Crippen LogP contribution in [0.5, 0.6) is 0 Å². The highest BCUT2D eigenvalue weighted by Gasteiger charge is 2.21. The quantitative estimate of drug-likeness (QED) is 0.163. The van der Waals surface area contributed by atoms with E-state index in [-0.39, 0.29) is 0 Å². The summed E-state index contributed by atoms with van der Waals surface area (Å²) in [6.45, 7) is 0. The van der Waals surface area contributed by atoms with Crippen LogP contribution in [0.4, 0.5) is 0 Å². The van der Waals surface area contributed by atoms with Crippen LogP contribution in [0.15, 0.2) is 186 Å². The Morgan fingerprint density at radius 2 is 0.600 bits per heavy atom. The number of hydrogen-bond acceptors (Lipinski definition) is 7. The highest BCUT2D eigenvalue weighted by atomic mass is 16.3. The molecule has 0 fully saturated rings. The molecule has 0 N–H and O–H groups in total. The first-order valence-corrected chi connectivity index (χ1v) is 18.0. The molecule has 0 atom stereocenters. The number of rotatable bonds is 7. The van der Waals surface area contributed by atoms with Gasteiger partial charge in [0.25, 0.3) is 0 Å². The Morgan fingerprint density at radius 1 is 0.255 bits per heavy atom. The van der Waals surface area contributed by atoms with Crippen molar-refractivity contribution in [2.45, 2.75) is 0 Å². The van der Waals surface area contributed by atoms with E-state index in [4.69, 9.17) is 34.3 Å². The van der Waals surface area contributed by atoms with Crippen LogP contribution in [0.2, 0.25) is 0 Å². The molecule has 7 nitrogen and oxygen atoms in total. The van der Waals surface area contributed by atoms with Crippen LogP contribution in [-0.2, 0) is 0 Å². The molecule has 258 valence electrons. The molecule has 0 amide bonds. The van der Waals surface area contributed by atoms with E-state index in [9.17, 15) is 0 Å². The molecule has 7 heteroatoms. The van der Waals surface area contributed by atoms with Crippen molar-refractivity contribution < 1.29 is 4.42 Å². The van der Waals surface area contributed by atoms with E-state index >= 15 is 0 Å². The van der Waals surface area contributed by atoms with E-state index in [0.717, 1.165) is 66.4 Å². The van der Waals surface area contributed by atoms with Crippen LogP contribution in [0.1, 0.15) is 0 Å². The molecule has 10 aromatic rings. The molecule has 0 saturated carbocycles. The SMILES string of the molecule is c1ccc(-c2nc(-c3ccccc3)nc(-c3ccccc3-c3nc(-c4ccccc4)nc(-c4ccccc4-c4cccc5c4oc4ccccc45)n3)n2)cc1. The summed E-state index contributed by atoms with van der Waals surface area (Å²) in [4.78, 5) is 30.5. The summed E-state index contributed by atoms with van der Waals surface area (Å²) in [5.41, 5.74) is 8.63. The molecule has 0 bridgehead atoms. The topological polar surface area (TPSA) is 90.5 Å². The minimum Gasteiger partial charge on any atom is -0.455 e. The number of benzene rings is 7. The molecule has 10 rings (SSSR count). The summed E-state index contributed by atoms with van der Waals surface area (Å²) in [6.07, 6.45) is 0. The average Bonchev–Trinajstić information content (AvgIpc) is 3.66. The Labute approximate surface area is 316 Å². The van der Waals surface area contributed by atoms with Gasteiger partial charge in [-0.05, 0) is 11.6 Å². The lowest BCUT2D eigenvalue weighted by atomic mass is 9.97. The number of para-hydroxylation sites is 2. The zero-order valence-electron chi connectivity index (χ0n) is 29.4. The van der Waals surface area contributed by atoms with E-state index in [1.54, 1.807) is 0 Å². The number of nitrogens with zero attached hydrogens (tertiary/aromatic N) is 6. The van der Waals surface area contributed by atoms with Crippen LogP contribution in [-0.4, -0.2) is 29.9 Å². The maximum atomic E-state index is 6.49. The first-order valence-electron chi connectivity index (χ1n) is 18.0. The van der Waals surface area contributed by atoms with Crippen molar-refractivity contribution in [2.75, 3.05) is 0 Å². The zero-order valence-corrected chi connectivity index (χ0v) is 29.4. The predicted octanol–water partition coefficient (Wildman–Crippen LogP) is 11.6. The fraction of sp³-hybridized carbons (Fsp3) is 0. The Balaban J connectivity index is 1.18. The Hall–Kier alpha value is -7.64. The molecule has 0 aliphatic rings. The third-order valence-electron chi connectivity index (χ3n) is 9.64. The minimum absolute atomic E-state index is 0.499. The third kappa shape index (κ3) is 5.99. The first-order chi connectivity index (χ1) is 27.3. The summed E-state index contributed by atoms with van der Waals surface area (Å²) in [6, 6.07) is 60.5. The third-order valence-corrected chi connectivity index (χ3v) is 9.64. The summed E-state index contributed by atoms with van der Waals surface area (Å²) in [5, 5.41) is 2.13. The molecule has 55 heavy (non-hydrogen) atoms. The standard InChI is InChI=1S/C48H30N6O/c1-4-17-31(18-5-1)43-49-44(32-19-6-2-7-20-32)51-47(50-43)39-26-12-13-27-40(39)48-53-45(33-21-8-3-9-22-33)52-46(54-48)38-25-11-10-23-34(38)36-28-16-29-37-35-24-14-15-30-41(35)55-42(36)37/h1-30H. The fourth-order valence-electron chi connectivity index (χ4n) is 7.01. The van der Waals surface area contributed by atoms with Crippen molar-refractivity contribution in [3.8, 4) is 79.5 Å². The Kier molecular flexibility index (Phi) is 8.00. The summed E-state index contributed by atoms with van der Waals surface area (Å²) < 4.78 is 6.49. The maximum absolute atomic E-state index is 6.49. The van der Waals surface area contributed by atoms with Gasteiger partial charge in [0.05, 0.1) is 0 Å². The van der Waals surface area contributed by atoms with Gasteiger partial charge in [-0.2, -0.15) is 0 Å². The normalized spacial score (nSPS) is 11.3. The number of aromatic nitrogens is 6. The summed E-state index contributed by atoms with van der Waals surface area (Å²) >= 11 is 0. The molecule has 3 aromatic heterocycles. The van der Waals surface area contributed by atoms with Crippen molar-refractivity contribution >= 4 is 21.9 Å². The van der Waals surface area contributed by atoms with Crippen LogP contribution in [0.3, 0.4) is 0 Å². The Morgan fingerprint density at radius 3 is 1.11 bits per heavy atom. The molecule has 7 aromatic carbocycles. The lowest BCUT2D eigenvalue weighted by Crippen LogP contribution is -2.04. The van der Waals surface area contributed by atoms with E-state index in [1.807, 2.05) is 146 Å². The van der Waals surface area contributed by atoms with Crippen molar-refractivity contribution in [1.29, 1.82) is 0 Å². The molecule has 3 heterocycles. The van der Waals surface area contributed by atoms with Crippen molar-refractivity contribution in [3.63, 3.8) is 0 Å². The van der Waals surface area contributed by atoms with Gasteiger partial charge in [-0.25, -0.2) is 29.9 Å². The molecule has 0 radical (unpaired) electrons. The van der Waals surface area contributed by atoms with Crippen LogP contribution in [0.25, 0.3) is 101 Å². The van der Waals surface area contributed by atoms with Gasteiger partial charge in [0.15, 0.2) is 34.9 Å². The van der Waals surface area contributed by atoms with E-state index in [1.165, 1.54) is 0 Å². The highest BCUT2D eigenvalue weighted by Crippen LogP contribution is 2.40. The van der Waals surface area contributed by atoms with E-state index in [2.05, 4.69) is 36.4 Å². The first kappa shape index (κ1) is 32.0. The van der Waals surface area contributed by atoms with Gasteiger partial charge < -0.3 is 4.42 Å². The van der Waals surface area contributed by atoms with Gasteiger partial charge in [-0.3, -0.25) is 0 Å². The van der Waals surface area contributed by atoms with Gasteiger partial charge in [-0.15, -0.1) is 0 Å². The molecular weight excluding hydrogens is 677 g/mol. The van der Waals surface area contributed by atoms with Crippen molar-refractivity contribution in [2.24, 2.45) is 0 Å². The van der Waals surface area contributed by atoms with Gasteiger partial charge in [-0.1, -0.05) is 176 Å². The molecule has 0 saturated heterocycles. The summed E-state index contributed by atoms with van der Waals surface area (Å²) in [5.74, 6) is 3.26. The number of fused-ring (bicyclic) bond motifs is 3. The van der Waals surface area contributed by atoms with Gasteiger partial charge in [0.2, 0.25) is 0 Å². The summed E-state index contributed by atoms with van der Waals surface area (Å²) in [7, 11) is 0. The number of hydrogen-bond donors (Lipinski definition) is 0. The minimum atomic E-state index is 0.499. The van der Waals surface area contributed by atoms with Gasteiger partial charge >= 0.3 is 0 Å². The monoisotopic (exact) mass is 706 g/mol. The van der Waals surface area contributed by atoms with Crippen LogP contribution in [0, 0.1) is 0 Å². The molecule has 0 aliphatic heterocycles. The van der Waals surface area contributed by atoms with E-state index in [0.29, 0.717) is 34.9 Å². The number of furan rings is 1.